The second-order valence-electron chi connectivity index (χ2n) is 3.15. The minimum absolute atomic E-state index is 0.0735. The number of hydrogen-bond donors (Lipinski definition) is 3. The van der Waals surface area contributed by atoms with Crippen LogP contribution in [0.4, 0.5) is 11.8 Å². The Morgan fingerprint density at radius 1 is 1.18 bits per heavy atom. The Hall–Kier alpha value is -2.05. The van der Waals surface area contributed by atoms with E-state index < -0.39 is 0 Å². The third kappa shape index (κ3) is 2.96. The molecule has 2 rings (SSSR count). The first kappa shape index (κ1) is 11.4. The van der Waals surface area contributed by atoms with Crippen molar-refractivity contribution >= 4 is 23.4 Å². The average Bonchev–Trinajstić information content (AvgIpc) is 2.31. The first-order valence-electron chi connectivity index (χ1n) is 4.72. The summed E-state index contributed by atoms with van der Waals surface area (Å²) in [5, 5.41) is 0.629. The third-order valence-corrected chi connectivity index (χ3v) is 2.16. The normalized spacial score (nSPS) is 10.0. The molecule has 5 N–H and O–H groups in total. The molecule has 0 radical (unpaired) electrons. The number of nitrogens with two attached hydrogens (primary N) is 2. The van der Waals surface area contributed by atoms with Gasteiger partial charge in [0, 0.05) is 11.1 Å². The van der Waals surface area contributed by atoms with Gasteiger partial charge in [0.05, 0.1) is 0 Å². The van der Waals surface area contributed by atoms with Gasteiger partial charge in [-0.15, -0.1) is 0 Å². The molecule has 1 aromatic carbocycles. The molecular formula is C10H10ClN5O. The number of ether oxygens (including phenoxy) is 1. The van der Waals surface area contributed by atoms with Crippen molar-refractivity contribution in [3.63, 3.8) is 0 Å². The van der Waals surface area contributed by atoms with Crippen LogP contribution in [0.5, 0.6) is 11.6 Å². The maximum absolute atomic E-state index is 5.76. The van der Waals surface area contributed by atoms with Crippen LogP contribution in [-0.4, -0.2) is 9.97 Å². The van der Waals surface area contributed by atoms with Crippen molar-refractivity contribution in [2.45, 2.75) is 0 Å². The van der Waals surface area contributed by atoms with Gasteiger partial charge in [-0.2, -0.15) is 9.97 Å². The van der Waals surface area contributed by atoms with Crippen molar-refractivity contribution in [2.75, 3.05) is 11.2 Å². The van der Waals surface area contributed by atoms with Crippen LogP contribution in [-0.2, 0) is 0 Å². The minimum atomic E-state index is 0.0735. The van der Waals surface area contributed by atoms with E-state index in [4.69, 9.17) is 27.9 Å². The van der Waals surface area contributed by atoms with E-state index in [1.165, 1.54) is 6.07 Å². The number of rotatable bonds is 3. The van der Waals surface area contributed by atoms with Gasteiger partial charge in [0.15, 0.2) is 0 Å². The van der Waals surface area contributed by atoms with Crippen molar-refractivity contribution in [1.29, 1.82) is 0 Å². The molecule has 0 atom stereocenters. The number of anilines is 2. The molecule has 0 fully saturated rings. The first-order valence-corrected chi connectivity index (χ1v) is 5.10. The van der Waals surface area contributed by atoms with E-state index in [0.717, 1.165) is 0 Å². The zero-order chi connectivity index (χ0) is 12.3. The lowest BCUT2D eigenvalue weighted by Gasteiger charge is -2.06. The average molecular weight is 252 g/mol. The predicted molar refractivity (Wildman–Crippen MR) is 65.8 cm³/mol. The van der Waals surface area contributed by atoms with E-state index in [0.29, 0.717) is 22.5 Å². The molecule has 0 aliphatic carbocycles. The number of benzene rings is 1. The standard InChI is InChI=1S/C10H10ClN5O/c11-6-1-3-7(4-2-6)17-9-5-8(16-13)14-10(12)15-9/h1-5H,13H2,(H3,12,14,15,16). The SMILES string of the molecule is NNc1cc(Oc2ccc(Cl)cc2)nc(N)n1. The molecule has 0 aliphatic heterocycles. The fourth-order valence-electron chi connectivity index (χ4n) is 1.19. The fraction of sp³-hybridized carbons (Fsp3) is 0. The molecule has 0 saturated carbocycles. The quantitative estimate of drug-likeness (QED) is 0.568. The Morgan fingerprint density at radius 3 is 2.53 bits per heavy atom. The number of hydrogen-bond acceptors (Lipinski definition) is 6. The van der Waals surface area contributed by atoms with Crippen molar-refractivity contribution in [2.24, 2.45) is 5.84 Å². The summed E-state index contributed by atoms with van der Waals surface area (Å²) < 4.78 is 5.47. The lowest BCUT2D eigenvalue weighted by Crippen LogP contribution is -2.10. The van der Waals surface area contributed by atoms with Gasteiger partial charge in [-0.05, 0) is 24.3 Å². The molecule has 0 spiro atoms. The van der Waals surface area contributed by atoms with E-state index in [1.807, 2.05) is 0 Å². The van der Waals surface area contributed by atoms with E-state index in [1.54, 1.807) is 24.3 Å². The van der Waals surface area contributed by atoms with Gasteiger partial charge in [-0.3, -0.25) is 0 Å². The molecule has 6 nitrogen and oxygen atoms in total. The predicted octanol–water partition coefficient (Wildman–Crippen LogP) is 1.79. The number of hydrazine groups is 1. The first-order chi connectivity index (χ1) is 8.17. The second-order valence-corrected chi connectivity index (χ2v) is 3.59. The molecule has 0 bridgehead atoms. The molecule has 0 amide bonds. The zero-order valence-electron chi connectivity index (χ0n) is 8.72. The summed E-state index contributed by atoms with van der Waals surface area (Å²) in [5.74, 6) is 6.57. The molecular weight excluding hydrogens is 242 g/mol. The molecule has 2 aromatic rings. The van der Waals surface area contributed by atoms with Gasteiger partial charge in [-0.1, -0.05) is 11.6 Å². The Labute approximate surface area is 103 Å². The van der Waals surface area contributed by atoms with Gasteiger partial charge in [0.25, 0.3) is 0 Å². The summed E-state index contributed by atoms with van der Waals surface area (Å²) in [5.41, 5.74) is 7.86. The largest absolute Gasteiger partial charge is 0.439 e. The molecule has 17 heavy (non-hydrogen) atoms. The van der Waals surface area contributed by atoms with E-state index in [9.17, 15) is 0 Å². The van der Waals surface area contributed by atoms with E-state index in [2.05, 4.69) is 15.4 Å². The monoisotopic (exact) mass is 251 g/mol. The Balaban J connectivity index is 2.23. The van der Waals surface area contributed by atoms with Crippen LogP contribution in [0.1, 0.15) is 0 Å². The third-order valence-electron chi connectivity index (χ3n) is 1.90. The number of nitrogens with zero attached hydrogens (tertiary/aromatic N) is 2. The highest BCUT2D eigenvalue weighted by atomic mass is 35.5. The van der Waals surface area contributed by atoms with Crippen LogP contribution in [0.15, 0.2) is 30.3 Å². The van der Waals surface area contributed by atoms with Crippen molar-refractivity contribution in [3.05, 3.63) is 35.4 Å². The number of halogens is 1. The second kappa shape index (κ2) is 4.86. The highest BCUT2D eigenvalue weighted by Gasteiger charge is 2.03. The minimum Gasteiger partial charge on any atom is -0.439 e. The van der Waals surface area contributed by atoms with Crippen molar-refractivity contribution in [3.8, 4) is 11.6 Å². The molecule has 1 heterocycles. The zero-order valence-corrected chi connectivity index (χ0v) is 9.48. The van der Waals surface area contributed by atoms with Gasteiger partial charge >= 0.3 is 0 Å². The van der Waals surface area contributed by atoms with E-state index >= 15 is 0 Å². The van der Waals surface area contributed by atoms with Gasteiger partial charge in [0.2, 0.25) is 11.8 Å². The summed E-state index contributed by atoms with van der Waals surface area (Å²) in [7, 11) is 0. The number of nitrogen functional groups attached to an aromatic ring is 2. The fourth-order valence-corrected chi connectivity index (χ4v) is 1.32. The molecule has 7 heteroatoms. The van der Waals surface area contributed by atoms with Crippen LogP contribution in [0.25, 0.3) is 0 Å². The summed E-state index contributed by atoms with van der Waals surface area (Å²) in [6.07, 6.45) is 0. The number of aromatic nitrogens is 2. The maximum atomic E-state index is 5.76. The topological polar surface area (TPSA) is 99.1 Å². The van der Waals surface area contributed by atoms with Crippen LogP contribution in [0.3, 0.4) is 0 Å². The molecule has 0 saturated heterocycles. The van der Waals surface area contributed by atoms with Crippen LogP contribution >= 0.6 is 11.6 Å². The molecule has 1 aromatic heterocycles. The maximum Gasteiger partial charge on any atom is 0.226 e. The molecule has 88 valence electrons. The summed E-state index contributed by atoms with van der Waals surface area (Å²) in [6, 6.07) is 8.39. The van der Waals surface area contributed by atoms with Gasteiger partial charge in [0.1, 0.15) is 11.6 Å². The number of nitrogens with one attached hydrogen (secondary N) is 1. The van der Waals surface area contributed by atoms with Crippen molar-refractivity contribution in [1.82, 2.24) is 9.97 Å². The lowest BCUT2D eigenvalue weighted by molar-refractivity contribution is 0.463. The van der Waals surface area contributed by atoms with Gasteiger partial charge < -0.3 is 15.9 Å². The Bertz CT molecular complexity index is 517. The highest BCUT2D eigenvalue weighted by molar-refractivity contribution is 6.30. The Kier molecular flexibility index (Phi) is 3.27. The van der Waals surface area contributed by atoms with Crippen LogP contribution in [0.2, 0.25) is 5.02 Å². The Morgan fingerprint density at radius 2 is 1.88 bits per heavy atom. The molecule has 0 unspecified atom stereocenters. The van der Waals surface area contributed by atoms with Crippen LogP contribution in [0, 0.1) is 0 Å². The smallest absolute Gasteiger partial charge is 0.226 e. The summed E-state index contributed by atoms with van der Waals surface area (Å²) in [6.45, 7) is 0. The van der Waals surface area contributed by atoms with Crippen LogP contribution < -0.4 is 21.7 Å². The summed E-state index contributed by atoms with van der Waals surface area (Å²) in [4.78, 5) is 7.75. The van der Waals surface area contributed by atoms with Crippen molar-refractivity contribution < 1.29 is 4.74 Å². The highest BCUT2D eigenvalue weighted by Crippen LogP contribution is 2.23. The lowest BCUT2D eigenvalue weighted by atomic mass is 10.3. The van der Waals surface area contributed by atoms with Gasteiger partial charge in [-0.25, -0.2) is 5.84 Å². The summed E-state index contributed by atoms with van der Waals surface area (Å²) >= 11 is 5.76. The molecule has 0 aliphatic rings. The van der Waals surface area contributed by atoms with E-state index in [-0.39, 0.29) is 5.95 Å².